The molecule has 0 saturated heterocycles. The molecule has 0 fully saturated rings. The van der Waals surface area contributed by atoms with Crippen LogP contribution in [0.2, 0.25) is 0 Å². The van der Waals surface area contributed by atoms with E-state index in [4.69, 9.17) is 10.2 Å². The van der Waals surface area contributed by atoms with Gasteiger partial charge in [0.1, 0.15) is 0 Å². The van der Waals surface area contributed by atoms with E-state index in [1.165, 1.54) is 0 Å². The second kappa shape index (κ2) is 12.8. The molecular formula is C20H10F26O4. The van der Waals surface area contributed by atoms with Crippen LogP contribution in [0.15, 0.2) is 11.1 Å². The second-order valence-corrected chi connectivity index (χ2v) is 9.57. The first kappa shape index (κ1) is 46.9. The molecule has 50 heavy (non-hydrogen) atoms. The Kier molecular flexibility index (Phi) is 12.0. The maximum absolute atomic E-state index is 14.0. The highest BCUT2D eigenvalue weighted by atomic mass is 19.4. The van der Waals surface area contributed by atoms with Crippen LogP contribution >= 0.6 is 0 Å². The van der Waals surface area contributed by atoms with E-state index < -0.39 is 120 Å². The van der Waals surface area contributed by atoms with Gasteiger partial charge in [-0.1, -0.05) is 0 Å². The smallest absolute Gasteiger partial charge is 0.460 e. The largest absolute Gasteiger partial charge is 0.478 e. The van der Waals surface area contributed by atoms with Crippen LogP contribution in [0.5, 0.6) is 0 Å². The summed E-state index contributed by atoms with van der Waals surface area (Å²) >= 11 is 0. The summed E-state index contributed by atoms with van der Waals surface area (Å²) in [4.78, 5) is 22.5. The van der Waals surface area contributed by atoms with Gasteiger partial charge in [-0.2, -0.15) is 114 Å². The van der Waals surface area contributed by atoms with Crippen LogP contribution in [0.4, 0.5) is 114 Å². The van der Waals surface area contributed by atoms with Crippen LogP contribution in [0.1, 0.15) is 25.7 Å². The van der Waals surface area contributed by atoms with Gasteiger partial charge in [0.15, 0.2) is 0 Å². The Bertz CT molecular complexity index is 1210. The Balaban J connectivity index is 6.86. The first-order valence-electron chi connectivity index (χ1n) is 11.4. The summed E-state index contributed by atoms with van der Waals surface area (Å²) in [6.07, 6.45) is -28.8. The minimum absolute atomic E-state index is 2.71. The molecule has 0 radical (unpaired) electrons. The van der Waals surface area contributed by atoms with Crippen molar-refractivity contribution < 1.29 is 134 Å². The van der Waals surface area contributed by atoms with Gasteiger partial charge in [-0.3, -0.25) is 0 Å². The minimum atomic E-state index is -8.48. The lowest BCUT2D eigenvalue weighted by molar-refractivity contribution is -0.440. The number of alkyl halides is 26. The van der Waals surface area contributed by atoms with Gasteiger partial charge in [-0.05, 0) is 12.8 Å². The normalized spacial score (nSPS) is 16.4. The molecule has 0 aromatic carbocycles. The van der Waals surface area contributed by atoms with Gasteiger partial charge >= 0.3 is 83.5 Å². The molecule has 296 valence electrons. The number of rotatable bonds is 16. The third-order valence-corrected chi connectivity index (χ3v) is 6.26. The van der Waals surface area contributed by atoms with Gasteiger partial charge in [0.25, 0.3) is 0 Å². The summed E-state index contributed by atoms with van der Waals surface area (Å²) in [5, 5.41) is 17.8. The van der Waals surface area contributed by atoms with Gasteiger partial charge < -0.3 is 10.2 Å². The number of carboxylic acids is 2. The Labute approximate surface area is 255 Å². The lowest BCUT2D eigenvalue weighted by atomic mass is 9.88. The second-order valence-electron chi connectivity index (χ2n) is 9.57. The standard InChI is InChI=1S/C20H10F26O4/c21-9(22,11(25,26)13(29,30)15(33,34)17(37,38)19(41,42)43)3-1-5(7(47)48)6(8(49)50)2-4-10(23,24)12(27,28)14(31,32)16(35,36)18(39,40)20(44,45)46/h1-4H2,(H,47,48)(H,49,50)/b6-5-. The maximum atomic E-state index is 14.0. The summed E-state index contributed by atoms with van der Waals surface area (Å²) in [6, 6.07) is 0. The highest BCUT2D eigenvalue weighted by molar-refractivity contribution is 5.98. The number of carboxylic acid groups (broad SMARTS) is 2. The molecule has 0 aliphatic heterocycles. The van der Waals surface area contributed by atoms with E-state index in [0.29, 0.717) is 0 Å². The van der Waals surface area contributed by atoms with Crippen molar-refractivity contribution in [3.05, 3.63) is 11.1 Å². The first-order chi connectivity index (χ1) is 21.3. The fraction of sp³-hybridized carbons (Fsp3) is 0.800. The maximum Gasteiger partial charge on any atom is 0.460 e. The molecule has 0 atom stereocenters. The molecule has 0 rings (SSSR count). The predicted molar refractivity (Wildman–Crippen MR) is 102 cm³/mol. The summed E-state index contributed by atoms with van der Waals surface area (Å²) in [7, 11) is 0. The Morgan fingerprint density at radius 3 is 0.660 bits per heavy atom. The highest BCUT2D eigenvalue weighted by Gasteiger charge is 2.92. The Hall–Kier alpha value is -3.14. The molecule has 0 amide bonds. The average molecular weight is 808 g/mol. The molecule has 0 bridgehead atoms. The van der Waals surface area contributed by atoms with E-state index in [1.54, 1.807) is 0 Å². The summed E-state index contributed by atoms with van der Waals surface area (Å²) in [6.45, 7) is 0. The molecule has 30 heteroatoms. The van der Waals surface area contributed by atoms with Crippen molar-refractivity contribution in [2.45, 2.75) is 97.3 Å². The summed E-state index contributed by atoms with van der Waals surface area (Å²) < 4.78 is 343. The number of aliphatic carboxylic acids is 2. The zero-order chi connectivity index (χ0) is 41.1. The minimum Gasteiger partial charge on any atom is -0.478 e. The van der Waals surface area contributed by atoms with Crippen molar-refractivity contribution in [1.82, 2.24) is 0 Å². The molecule has 0 aromatic heterocycles. The topological polar surface area (TPSA) is 74.6 Å². The molecule has 4 nitrogen and oxygen atoms in total. The average Bonchev–Trinajstić information content (AvgIpc) is 2.87. The van der Waals surface area contributed by atoms with Crippen molar-refractivity contribution in [3.8, 4) is 0 Å². The molecule has 0 unspecified atom stereocenters. The monoisotopic (exact) mass is 808 g/mol. The van der Waals surface area contributed by atoms with E-state index >= 15 is 0 Å². The van der Waals surface area contributed by atoms with Crippen LogP contribution in [0, 0.1) is 0 Å². The number of halogens is 26. The van der Waals surface area contributed by atoms with Crippen LogP contribution in [0.25, 0.3) is 0 Å². The molecule has 0 aliphatic carbocycles. The third kappa shape index (κ3) is 7.02. The third-order valence-electron chi connectivity index (χ3n) is 6.26. The van der Waals surface area contributed by atoms with Crippen LogP contribution in [0.3, 0.4) is 0 Å². The van der Waals surface area contributed by atoms with Crippen LogP contribution < -0.4 is 0 Å². The van der Waals surface area contributed by atoms with Gasteiger partial charge in [-0.15, -0.1) is 0 Å². The van der Waals surface area contributed by atoms with Gasteiger partial charge in [0.05, 0.1) is 0 Å². The van der Waals surface area contributed by atoms with Crippen LogP contribution in [-0.4, -0.2) is 93.7 Å². The van der Waals surface area contributed by atoms with Gasteiger partial charge in [0, 0.05) is 24.0 Å². The van der Waals surface area contributed by atoms with Gasteiger partial charge in [0.2, 0.25) is 0 Å². The number of hydrogen-bond acceptors (Lipinski definition) is 2. The van der Waals surface area contributed by atoms with Crippen molar-refractivity contribution >= 4 is 11.9 Å². The lowest BCUT2D eigenvalue weighted by Gasteiger charge is -2.40. The quantitative estimate of drug-likeness (QED) is 0.120. The number of hydrogen-bond donors (Lipinski definition) is 2. The molecule has 2 N–H and O–H groups in total. The van der Waals surface area contributed by atoms with Crippen LogP contribution in [-0.2, 0) is 9.59 Å². The molecule has 0 aliphatic rings. The molecule has 0 aromatic rings. The molecular weight excluding hydrogens is 798 g/mol. The highest BCUT2D eigenvalue weighted by Crippen LogP contribution is 2.62. The van der Waals surface area contributed by atoms with E-state index in [2.05, 4.69) is 0 Å². The molecule has 0 heterocycles. The van der Waals surface area contributed by atoms with E-state index in [1.807, 2.05) is 0 Å². The summed E-state index contributed by atoms with van der Waals surface area (Å²) in [5.41, 5.74) is -5.41. The molecule has 0 saturated carbocycles. The first-order valence-corrected chi connectivity index (χ1v) is 11.4. The van der Waals surface area contributed by atoms with E-state index in [-0.39, 0.29) is 0 Å². The number of carbonyl (C=O) groups is 2. The molecule has 0 spiro atoms. The van der Waals surface area contributed by atoms with Crippen molar-refractivity contribution in [3.63, 3.8) is 0 Å². The van der Waals surface area contributed by atoms with Crippen molar-refractivity contribution in [1.29, 1.82) is 0 Å². The fourth-order valence-electron chi connectivity index (χ4n) is 3.26. The fourth-order valence-corrected chi connectivity index (χ4v) is 3.26. The van der Waals surface area contributed by atoms with Gasteiger partial charge in [-0.25, -0.2) is 9.59 Å². The Morgan fingerprint density at radius 1 is 0.320 bits per heavy atom. The zero-order valence-electron chi connectivity index (χ0n) is 22.4. The lowest BCUT2D eigenvalue weighted by Crippen LogP contribution is -2.70. The Morgan fingerprint density at radius 2 is 0.500 bits per heavy atom. The van der Waals surface area contributed by atoms with E-state index in [9.17, 15) is 124 Å². The summed E-state index contributed by atoms with van der Waals surface area (Å²) in [5.74, 6) is -87.4. The SMILES string of the molecule is O=C(O)/C(CCC(F)(F)C(F)(F)C(F)(F)C(F)(F)C(F)(F)C(F)(F)F)=C(/CCC(F)(F)C(F)(F)C(F)(F)C(F)(F)C(F)(F)C(F)(F)F)C(=O)O. The zero-order valence-corrected chi connectivity index (χ0v) is 22.4. The predicted octanol–water partition coefficient (Wildman–Crippen LogP) is 9.49. The van der Waals surface area contributed by atoms with Crippen molar-refractivity contribution in [2.75, 3.05) is 0 Å². The van der Waals surface area contributed by atoms with Crippen molar-refractivity contribution in [2.24, 2.45) is 0 Å². The van der Waals surface area contributed by atoms with E-state index in [0.717, 1.165) is 0 Å².